The van der Waals surface area contributed by atoms with Crippen LogP contribution in [0.1, 0.15) is 36.0 Å². The van der Waals surface area contributed by atoms with Crippen LogP contribution in [0.4, 0.5) is 0 Å². The molecular formula is C19H29N5O. The van der Waals surface area contributed by atoms with Crippen molar-refractivity contribution in [3.63, 3.8) is 0 Å². The molecule has 0 saturated carbocycles. The van der Waals surface area contributed by atoms with E-state index in [1.165, 1.54) is 18.5 Å². The number of rotatable bonds is 5. The molecule has 0 bridgehead atoms. The third-order valence-corrected chi connectivity index (χ3v) is 5.22. The first-order valence-corrected chi connectivity index (χ1v) is 8.98. The first-order valence-electron chi connectivity index (χ1n) is 8.98. The first kappa shape index (κ1) is 17.9. The van der Waals surface area contributed by atoms with Crippen LogP contribution in [-0.2, 0) is 13.6 Å². The minimum Gasteiger partial charge on any atom is -0.506 e. The van der Waals surface area contributed by atoms with Crippen LogP contribution in [0.15, 0.2) is 24.4 Å². The molecule has 0 aromatic carbocycles. The van der Waals surface area contributed by atoms with Crippen molar-refractivity contribution in [3.8, 4) is 5.75 Å². The minimum atomic E-state index is 0.279. The number of piperidine rings is 1. The quantitative estimate of drug-likeness (QED) is 0.903. The summed E-state index contributed by atoms with van der Waals surface area (Å²) < 4.78 is 1.99. The lowest BCUT2D eigenvalue weighted by Crippen LogP contribution is -2.41. The van der Waals surface area contributed by atoms with E-state index in [9.17, 15) is 5.11 Å². The molecule has 1 N–H and O–H groups in total. The van der Waals surface area contributed by atoms with Gasteiger partial charge in [-0.2, -0.15) is 5.10 Å². The lowest BCUT2D eigenvalue weighted by atomic mass is 9.87. The number of pyridine rings is 1. The Morgan fingerprint density at radius 1 is 1.28 bits per heavy atom. The molecule has 0 radical (unpaired) electrons. The van der Waals surface area contributed by atoms with Gasteiger partial charge in [0.15, 0.2) is 0 Å². The fourth-order valence-corrected chi connectivity index (χ4v) is 4.03. The molecule has 1 aliphatic rings. The summed E-state index contributed by atoms with van der Waals surface area (Å²) in [5.41, 5.74) is 2.97. The number of hydrogen-bond donors (Lipinski definition) is 1. The highest BCUT2D eigenvalue weighted by Crippen LogP contribution is 2.35. The van der Waals surface area contributed by atoms with Gasteiger partial charge in [0, 0.05) is 32.0 Å². The predicted octanol–water partition coefficient (Wildman–Crippen LogP) is 2.34. The fraction of sp³-hybridized carbons (Fsp3) is 0.579. The SMILES string of the molecule is Cc1ccc(O)c(CN(C)C[C@@H]2CCCN(C)[C@H]2c2ccnn2C)n1. The molecule has 2 aromatic rings. The molecule has 1 fully saturated rings. The predicted molar refractivity (Wildman–Crippen MR) is 98.3 cm³/mol. The second-order valence-electron chi connectivity index (χ2n) is 7.32. The van der Waals surface area contributed by atoms with Crippen molar-refractivity contribution in [2.24, 2.45) is 13.0 Å². The van der Waals surface area contributed by atoms with Crippen LogP contribution in [0.2, 0.25) is 0 Å². The Bertz CT molecular complexity index is 714. The summed E-state index contributed by atoms with van der Waals surface area (Å²) in [6.45, 7) is 4.70. The standard InChI is InChI=1S/C19H29N5O/c1-14-7-8-18(25)16(21-14)13-22(2)12-15-6-5-11-23(3)19(15)17-9-10-20-24(17)4/h7-10,15,19,25H,5-6,11-13H2,1-4H3/t15-,19+/m0/s1. The van der Waals surface area contributed by atoms with Crippen molar-refractivity contribution < 1.29 is 5.11 Å². The van der Waals surface area contributed by atoms with Gasteiger partial charge in [-0.15, -0.1) is 0 Å². The number of nitrogens with zero attached hydrogens (tertiary/aromatic N) is 5. The van der Waals surface area contributed by atoms with Crippen molar-refractivity contribution in [2.75, 3.05) is 27.2 Å². The summed E-state index contributed by atoms with van der Waals surface area (Å²) in [6, 6.07) is 6.09. The van der Waals surface area contributed by atoms with Crippen LogP contribution >= 0.6 is 0 Å². The van der Waals surface area contributed by atoms with Crippen LogP contribution in [0.25, 0.3) is 0 Å². The zero-order valence-corrected chi connectivity index (χ0v) is 15.7. The van der Waals surface area contributed by atoms with E-state index in [4.69, 9.17) is 0 Å². The first-order chi connectivity index (χ1) is 12.0. The molecule has 3 rings (SSSR count). The van der Waals surface area contributed by atoms with Gasteiger partial charge in [0.2, 0.25) is 0 Å². The second kappa shape index (κ2) is 7.54. The molecule has 1 saturated heterocycles. The van der Waals surface area contributed by atoms with Gasteiger partial charge in [-0.05, 0) is 64.5 Å². The number of hydrogen-bond acceptors (Lipinski definition) is 5. The molecule has 25 heavy (non-hydrogen) atoms. The average Bonchev–Trinajstić information content (AvgIpc) is 2.97. The van der Waals surface area contributed by atoms with Crippen molar-refractivity contribution in [1.82, 2.24) is 24.6 Å². The maximum Gasteiger partial charge on any atom is 0.138 e. The summed E-state index contributed by atoms with van der Waals surface area (Å²) in [4.78, 5) is 9.21. The van der Waals surface area contributed by atoms with Crippen LogP contribution < -0.4 is 0 Å². The van der Waals surface area contributed by atoms with Crippen LogP contribution in [0.3, 0.4) is 0 Å². The molecule has 1 aliphatic heterocycles. The second-order valence-corrected chi connectivity index (χ2v) is 7.32. The molecule has 0 spiro atoms. The molecule has 136 valence electrons. The maximum atomic E-state index is 10.1. The van der Waals surface area contributed by atoms with Gasteiger partial charge in [0.1, 0.15) is 5.75 Å². The van der Waals surface area contributed by atoms with E-state index in [0.717, 1.165) is 24.5 Å². The van der Waals surface area contributed by atoms with Gasteiger partial charge in [-0.3, -0.25) is 14.6 Å². The Kier molecular flexibility index (Phi) is 5.39. The third-order valence-electron chi connectivity index (χ3n) is 5.22. The molecule has 0 unspecified atom stereocenters. The van der Waals surface area contributed by atoms with Crippen LogP contribution in [0.5, 0.6) is 5.75 Å². The topological polar surface area (TPSA) is 57.4 Å². The summed E-state index contributed by atoms with van der Waals surface area (Å²) >= 11 is 0. The highest BCUT2D eigenvalue weighted by Gasteiger charge is 2.33. The number of aromatic hydroxyl groups is 1. The van der Waals surface area contributed by atoms with E-state index in [0.29, 0.717) is 18.5 Å². The lowest BCUT2D eigenvalue weighted by Gasteiger charge is -2.40. The van der Waals surface area contributed by atoms with Crippen molar-refractivity contribution >= 4 is 0 Å². The summed E-state index contributed by atoms with van der Waals surface area (Å²) in [6.07, 6.45) is 4.31. The summed E-state index contributed by atoms with van der Waals surface area (Å²) in [5, 5.41) is 14.4. The van der Waals surface area contributed by atoms with E-state index in [1.807, 2.05) is 30.9 Å². The Hall–Kier alpha value is -1.92. The van der Waals surface area contributed by atoms with Crippen LogP contribution in [-0.4, -0.2) is 56.9 Å². The van der Waals surface area contributed by atoms with Crippen molar-refractivity contribution in [2.45, 2.75) is 32.4 Å². The molecule has 0 amide bonds. The van der Waals surface area contributed by atoms with Gasteiger partial charge >= 0.3 is 0 Å². The van der Waals surface area contributed by atoms with E-state index in [1.54, 1.807) is 6.07 Å². The molecular weight excluding hydrogens is 314 g/mol. The fourth-order valence-electron chi connectivity index (χ4n) is 4.03. The van der Waals surface area contributed by atoms with Gasteiger partial charge in [-0.1, -0.05) is 0 Å². The summed E-state index contributed by atoms with van der Waals surface area (Å²) in [5.74, 6) is 0.812. The van der Waals surface area contributed by atoms with Gasteiger partial charge in [0.05, 0.1) is 17.4 Å². The van der Waals surface area contributed by atoms with Gasteiger partial charge in [-0.25, -0.2) is 0 Å². The third kappa shape index (κ3) is 4.02. The Balaban J connectivity index is 1.73. The molecule has 3 heterocycles. The minimum absolute atomic E-state index is 0.279. The molecule has 2 atom stereocenters. The van der Waals surface area contributed by atoms with E-state index >= 15 is 0 Å². The Morgan fingerprint density at radius 2 is 2.08 bits per heavy atom. The van der Waals surface area contributed by atoms with E-state index in [-0.39, 0.29) is 5.75 Å². The zero-order chi connectivity index (χ0) is 18.0. The Labute approximate surface area is 150 Å². The summed E-state index contributed by atoms with van der Waals surface area (Å²) in [7, 11) is 6.34. The maximum absolute atomic E-state index is 10.1. The van der Waals surface area contributed by atoms with Crippen molar-refractivity contribution in [1.29, 1.82) is 0 Å². The van der Waals surface area contributed by atoms with E-state index in [2.05, 4.69) is 40.0 Å². The molecule has 2 aromatic heterocycles. The molecule has 6 nitrogen and oxygen atoms in total. The zero-order valence-electron chi connectivity index (χ0n) is 15.7. The van der Waals surface area contributed by atoms with Crippen LogP contribution in [0, 0.1) is 12.8 Å². The monoisotopic (exact) mass is 343 g/mol. The highest BCUT2D eigenvalue weighted by molar-refractivity contribution is 5.27. The molecule has 0 aliphatic carbocycles. The van der Waals surface area contributed by atoms with E-state index < -0.39 is 0 Å². The van der Waals surface area contributed by atoms with Crippen molar-refractivity contribution in [3.05, 3.63) is 41.5 Å². The van der Waals surface area contributed by atoms with Gasteiger partial charge in [0.25, 0.3) is 0 Å². The highest BCUT2D eigenvalue weighted by atomic mass is 16.3. The average molecular weight is 343 g/mol. The largest absolute Gasteiger partial charge is 0.506 e. The number of aromatic nitrogens is 3. The molecule has 6 heteroatoms. The number of aryl methyl sites for hydroxylation is 2. The number of likely N-dealkylation sites (tertiary alicyclic amines) is 1. The lowest BCUT2D eigenvalue weighted by molar-refractivity contribution is 0.0867. The normalized spacial score (nSPS) is 21.8. The smallest absolute Gasteiger partial charge is 0.138 e. The van der Waals surface area contributed by atoms with Gasteiger partial charge < -0.3 is 10.0 Å². The Morgan fingerprint density at radius 3 is 2.80 bits per heavy atom.